The molecule has 2 N–H and O–H groups in total. The molecule has 0 aromatic heterocycles. The van der Waals surface area contributed by atoms with Crippen molar-refractivity contribution < 1.29 is 0 Å². The SMILES string of the molecule is NCC(C1CC1)N1CCN(Cc2ccccc2)CC1. The Bertz CT molecular complexity index is 380. The second-order valence-corrected chi connectivity index (χ2v) is 5.94. The van der Waals surface area contributed by atoms with Gasteiger partial charge in [0.1, 0.15) is 0 Å². The maximum absolute atomic E-state index is 5.95. The van der Waals surface area contributed by atoms with Gasteiger partial charge in [-0.3, -0.25) is 9.80 Å². The summed E-state index contributed by atoms with van der Waals surface area (Å²) in [5, 5.41) is 0. The van der Waals surface area contributed by atoms with Crippen LogP contribution in [0.5, 0.6) is 0 Å². The standard InChI is InChI=1S/C16H25N3/c17-12-16(15-6-7-15)19-10-8-18(9-11-19)13-14-4-2-1-3-5-14/h1-5,15-16H,6-13,17H2. The summed E-state index contributed by atoms with van der Waals surface area (Å²) >= 11 is 0. The lowest BCUT2D eigenvalue weighted by Crippen LogP contribution is -2.52. The number of benzene rings is 1. The molecular weight excluding hydrogens is 234 g/mol. The Morgan fingerprint density at radius 1 is 1.05 bits per heavy atom. The van der Waals surface area contributed by atoms with Crippen molar-refractivity contribution in [2.24, 2.45) is 11.7 Å². The maximum Gasteiger partial charge on any atom is 0.0247 e. The lowest BCUT2D eigenvalue weighted by Gasteiger charge is -2.39. The van der Waals surface area contributed by atoms with Crippen LogP contribution in [0.1, 0.15) is 18.4 Å². The highest BCUT2D eigenvalue weighted by atomic mass is 15.3. The summed E-state index contributed by atoms with van der Waals surface area (Å²) in [6.07, 6.45) is 2.79. The molecule has 2 aliphatic rings. The van der Waals surface area contributed by atoms with Crippen LogP contribution < -0.4 is 5.73 Å². The van der Waals surface area contributed by atoms with Gasteiger partial charge in [0.15, 0.2) is 0 Å². The van der Waals surface area contributed by atoms with Crippen molar-refractivity contribution in [2.45, 2.75) is 25.4 Å². The summed E-state index contributed by atoms with van der Waals surface area (Å²) in [4.78, 5) is 5.19. The van der Waals surface area contributed by atoms with E-state index in [9.17, 15) is 0 Å². The minimum Gasteiger partial charge on any atom is -0.329 e. The third-order valence-corrected chi connectivity index (χ3v) is 4.53. The molecule has 1 aliphatic heterocycles. The molecule has 1 heterocycles. The summed E-state index contributed by atoms with van der Waals surface area (Å²) < 4.78 is 0. The maximum atomic E-state index is 5.95. The Labute approximate surface area is 116 Å². The Kier molecular flexibility index (Phi) is 4.16. The first-order valence-electron chi connectivity index (χ1n) is 7.57. The molecule has 1 saturated heterocycles. The fraction of sp³-hybridized carbons (Fsp3) is 0.625. The third kappa shape index (κ3) is 3.35. The van der Waals surface area contributed by atoms with Crippen LogP contribution in [0.4, 0.5) is 0 Å². The highest BCUT2D eigenvalue weighted by Gasteiger charge is 2.35. The Morgan fingerprint density at radius 2 is 1.74 bits per heavy atom. The van der Waals surface area contributed by atoms with Crippen LogP contribution in [0.2, 0.25) is 0 Å². The average molecular weight is 259 g/mol. The quantitative estimate of drug-likeness (QED) is 0.870. The predicted molar refractivity (Wildman–Crippen MR) is 78.9 cm³/mol. The van der Waals surface area contributed by atoms with Gasteiger partial charge in [-0.05, 0) is 24.3 Å². The molecule has 1 aromatic carbocycles. The van der Waals surface area contributed by atoms with Gasteiger partial charge in [0.2, 0.25) is 0 Å². The smallest absolute Gasteiger partial charge is 0.0247 e. The minimum absolute atomic E-state index is 0.652. The first-order valence-corrected chi connectivity index (χ1v) is 7.57. The first-order chi connectivity index (χ1) is 9.36. The number of hydrogen-bond acceptors (Lipinski definition) is 3. The molecule has 0 radical (unpaired) electrons. The van der Waals surface area contributed by atoms with Crippen LogP contribution in [0.25, 0.3) is 0 Å². The second kappa shape index (κ2) is 6.04. The van der Waals surface area contributed by atoms with Gasteiger partial charge >= 0.3 is 0 Å². The van der Waals surface area contributed by atoms with Crippen molar-refractivity contribution in [2.75, 3.05) is 32.7 Å². The Hall–Kier alpha value is -0.900. The molecule has 2 fully saturated rings. The molecule has 0 spiro atoms. The molecule has 1 saturated carbocycles. The van der Waals surface area contributed by atoms with Crippen molar-refractivity contribution in [3.63, 3.8) is 0 Å². The summed E-state index contributed by atoms with van der Waals surface area (Å²) in [7, 11) is 0. The molecule has 3 heteroatoms. The van der Waals surface area contributed by atoms with Gasteiger partial charge in [0, 0.05) is 45.3 Å². The summed E-state index contributed by atoms with van der Waals surface area (Å²) in [5.41, 5.74) is 7.37. The number of rotatable bonds is 5. The lowest BCUT2D eigenvalue weighted by atomic mass is 10.1. The minimum atomic E-state index is 0.652. The van der Waals surface area contributed by atoms with Gasteiger partial charge in [-0.25, -0.2) is 0 Å². The average Bonchev–Trinajstić information content (AvgIpc) is 3.27. The monoisotopic (exact) mass is 259 g/mol. The number of piperazine rings is 1. The topological polar surface area (TPSA) is 32.5 Å². The highest BCUT2D eigenvalue weighted by Crippen LogP contribution is 2.35. The third-order valence-electron chi connectivity index (χ3n) is 4.53. The van der Waals surface area contributed by atoms with Gasteiger partial charge in [0.25, 0.3) is 0 Å². The Morgan fingerprint density at radius 3 is 2.32 bits per heavy atom. The zero-order chi connectivity index (χ0) is 13.1. The van der Waals surface area contributed by atoms with Crippen molar-refractivity contribution >= 4 is 0 Å². The fourth-order valence-corrected chi connectivity index (χ4v) is 3.22. The van der Waals surface area contributed by atoms with E-state index in [-0.39, 0.29) is 0 Å². The highest BCUT2D eigenvalue weighted by molar-refractivity contribution is 5.14. The largest absolute Gasteiger partial charge is 0.329 e. The molecule has 3 nitrogen and oxygen atoms in total. The predicted octanol–water partition coefficient (Wildman–Crippen LogP) is 1.54. The van der Waals surface area contributed by atoms with Gasteiger partial charge in [-0.2, -0.15) is 0 Å². The van der Waals surface area contributed by atoms with Crippen LogP contribution in [0.15, 0.2) is 30.3 Å². The van der Waals surface area contributed by atoms with Crippen molar-refractivity contribution in [1.29, 1.82) is 0 Å². The van der Waals surface area contributed by atoms with Crippen LogP contribution >= 0.6 is 0 Å². The fourth-order valence-electron chi connectivity index (χ4n) is 3.22. The van der Waals surface area contributed by atoms with Crippen LogP contribution in [0, 0.1) is 5.92 Å². The van der Waals surface area contributed by atoms with Crippen molar-refractivity contribution in [3.8, 4) is 0 Å². The number of hydrogen-bond donors (Lipinski definition) is 1. The molecular formula is C16H25N3. The van der Waals surface area contributed by atoms with E-state index in [1.54, 1.807) is 0 Å². The second-order valence-electron chi connectivity index (χ2n) is 5.94. The van der Waals surface area contributed by atoms with E-state index in [0.717, 1.165) is 19.0 Å². The normalized spacial score (nSPS) is 23.4. The van der Waals surface area contributed by atoms with E-state index in [4.69, 9.17) is 5.73 Å². The Balaban J connectivity index is 1.49. The van der Waals surface area contributed by atoms with E-state index < -0.39 is 0 Å². The lowest BCUT2D eigenvalue weighted by molar-refractivity contribution is 0.0858. The molecule has 1 aromatic rings. The van der Waals surface area contributed by atoms with Crippen molar-refractivity contribution in [3.05, 3.63) is 35.9 Å². The van der Waals surface area contributed by atoms with Crippen LogP contribution in [0.3, 0.4) is 0 Å². The molecule has 1 aliphatic carbocycles. The van der Waals surface area contributed by atoms with Gasteiger partial charge in [-0.1, -0.05) is 30.3 Å². The molecule has 19 heavy (non-hydrogen) atoms. The van der Waals surface area contributed by atoms with E-state index >= 15 is 0 Å². The molecule has 0 bridgehead atoms. The van der Waals surface area contributed by atoms with Gasteiger partial charge in [0.05, 0.1) is 0 Å². The molecule has 1 unspecified atom stereocenters. The molecule has 3 rings (SSSR count). The summed E-state index contributed by atoms with van der Waals surface area (Å²) in [6, 6.07) is 11.4. The molecule has 104 valence electrons. The van der Waals surface area contributed by atoms with Crippen molar-refractivity contribution in [1.82, 2.24) is 9.80 Å². The van der Waals surface area contributed by atoms with E-state index in [2.05, 4.69) is 40.1 Å². The molecule has 1 atom stereocenters. The zero-order valence-corrected chi connectivity index (χ0v) is 11.7. The van der Waals surface area contributed by atoms with Gasteiger partial charge < -0.3 is 5.73 Å². The van der Waals surface area contributed by atoms with Crippen LogP contribution in [-0.2, 0) is 6.54 Å². The summed E-state index contributed by atoms with van der Waals surface area (Å²) in [5.74, 6) is 0.894. The number of nitrogens with two attached hydrogens (primary N) is 1. The first kappa shape index (κ1) is 13.1. The summed E-state index contributed by atoms with van der Waals surface area (Å²) in [6.45, 7) is 6.65. The van der Waals surface area contributed by atoms with E-state index in [1.807, 2.05) is 0 Å². The molecule has 0 amide bonds. The van der Waals surface area contributed by atoms with Gasteiger partial charge in [-0.15, -0.1) is 0 Å². The van der Waals surface area contributed by atoms with Crippen LogP contribution in [-0.4, -0.2) is 48.6 Å². The van der Waals surface area contributed by atoms with E-state index in [1.165, 1.54) is 44.6 Å². The van der Waals surface area contributed by atoms with E-state index in [0.29, 0.717) is 6.04 Å². The zero-order valence-electron chi connectivity index (χ0n) is 11.7. The number of nitrogens with zero attached hydrogens (tertiary/aromatic N) is 2.